The van der Waals surface area contributed by atoms with Crippen LogP contribution in [-0.2, 0) is 0 Å². The molecular formula is C20H31N7. The van der Waals surface area contributed by atoms with Crippen LogP contribution in [0.5, 0.6) is 0 Å². The first-order valence-corrected chi connectivity index (χ1v) is 10.8. The molecular weight excluding hydrogens is 338 g/mol. The Hall–Kier alpha value is -1.89. The Morgan fingerprint density at radius 1 is 1.00 bits per heavy atom. The number of nitrogens with zero attached hydrogens (tertiary/aromatic N) is 4. The Balaban J connectivity index is 1.44. The van der Waals surface area contributed by atoms with Crippen LogP contribution in [-0.4, -0.2) is 38.1 Å². The first-order chi connectivity index (χ1) is 13.3. The molecule has 3 aliphatic carbocycles. The molecule has 0 aromatic carbocycles. The lowest BCUT2D eigenvalue weighted by molar-refractivity contribution is 0.410. The molecule has 0 aliphatic heterocycles. The van der Waals surface area contributed by atoms with Gasteiger partial charge in [-0.2, -0.15) is 9.97 Å². The molecule has 3 aliphatic rings. The fourth-order valence-electron chi connectivity index (χ4n) is 4.56. The summed E-state index contributed by atoms with van der Waals surface area (Å²) in [6.07, 6.45) is 14.0. The number of imidazole rings is 1. The van der Waals surface area contributed by atoms with Gasteiger partial charge in [0.25, 0.3) is 0 Å². The summed E-state index contributed by atoms with van der Waals surface area (Å²) in [7, 11) is 0. The van der Waals surface area contributed by atoms with E-state index in [1.54, 1.807) is 0 Å². The highest BCUT2D eigenvalue weighted by Gasteiger charge is 2.25. The number of aromatic nitrogens is 4. The molecule has 0 spiro atoms. The average molecular weight is 370 g/mol. The van der Waals surface area contributed by atoms with E-state index in [0.29, 0.717) is 18.1 Å². The fourth-order valence-corrected chi connectivity index (χ4v) is 4.56. The summed E-state index contributed by atoms with van der Waals surface area (Å²) < 4.78 is 2.29. The van der Waals surface area contributed by atoms with Crippen LogP contribution in [0.2, 0.25) is 0 Å². The van der Waals surface area contributed by atoms with E-state index >= 15 is 0 Å². The van der Waals surface area contributed by atoms with Crippen LogP contribution in [0.1, 0.15) is 70.3 Å². The van der Waals surface area contributed by atoms with E-state index in [2.05, 4.69) is 15.2 Å². The zero-order chi connectivity index (χ0) is 18.2. The van der Waals surface area contributed by atoms with Crippen LogP contribution in [0.25, 0.3) is 11.2 Å². The van der Waals surface area contributed by atoms with Crippen molar-refractivity contribution in [2.75, 3.05) is 17.2 Å². The summed E-state index contributed by atoms with van der Waals surface area (Å²) in [6, 6.07) is 1.30. The molecule has 3 fully saturated rings. The SMILES string of the molecule is NC1CCC(Nc2nc(NCC3CC3)c3ncn(C4CCCC4)c3n2)CC1. The van der Waals surface area contributed by atoms with Gasteiger partial charge >= 0.3 is 0 Å². The van der Waals surface area contributed by atoms with Crippen molar-refractivity contribution in [2.45, 2.75) is 82.3 Å². The first kappa shape index (κ1) is 17.2. The molecule has 5 rings (SSSR count). The van der Waals surface area contributed by atoms with Gasteiger partial charge in [0.05, 0.1) is 6.33 Å². The summed E-state index contributed by atoms with van der Waals surface area (Å²) in [6.45, 7) is 0.986. The molecule has 7 nitrogen and oxygen atoms in total. The molecule has 0 bridgehead atoms. The molecule has 2 aromatic heterocycles. The smallest absolute Gasteiger partial charge is 0.227 e. The number of anilines is 2. The van der Waals surface area contributed by atoms with Crippen molar-refractivity contribution in [3.05, 3.63) is 6.33 Å². The van der Waals surface area contributed by atoms with E-state index in [9.17, 15) is 0 Å². The summed E-state index contributed by atoms with van der Waals surface area (Å²) in [5.41, 5.74) is 7.95. The van der Waals surface area contributed by atoms with Gasteiger partial charge in [0.2, 0.25) is 5.95 Å². The van der Waals surface area contributed by atoms with E-state index in [-0.39, 0.29) is 0 Å². The second-order valence-electron chi connectivity index (χ2n) is 8.74. The van der Waals surface area contributed by atoms with Gasteiger partial charge in [0.15, 0.2) is 17.0 Å². The predicted octanol–water partition coefficient (Wildman–Crippen LogP) is 3.45. The quantitative estimate of drug-likeness (QED) is 0.722. The highest BCUT2D eigenvalue weighted by molar-refractivity contribution is 5.84. The molecule has 3 saturated carbocycles. The zero-order valence-corrected chi connectivity index (χ0v) is 16.0. The van der Waals surface area contributed by atoms with E-state index in [1.165, 1.54) is 38.5 Å². The average Bonchev–Trinajstić information content (AvgIpc) is 3.15. The van der Waals surface area contributed by atoms with Gasteiger partial charge in [-0.3, -0.25) is 0 Å². The lowest BCUT2D eigenvalue weighted by Crippen LogP contribution is -2.33. The highest BCUT2D eigenvalue weighted by Crippen LogP contribution is 2.34. The van der Waals surface area contributed by atoms with Crippen LogP contribution in [0.15, 0.2) is 6.33 Å². The first-order valence-electron chi connectivity index (χ1n) is 10.8. The third-order valence-electron chi connectivity index (χ3n) is 6.50. The van der Waals surface area contributed by atoms with Gasteiger partial charge in [-0.1, -0.05) is 12.8 Å². The molecule has 0 amide bonds. The molecule has 0 radical (unpaired) electrons. The minimum atomic E-state index is 0.353. The molecule has 146 valence electrons. The molecule has 2 heterocycles. The number of nitrogens with one attached hydrogen (secondary N) is 2. The van der Waals surface area contributed by atoms with Crippen molar-refractivity contribution < 1.29 is 0 Å². The number of fused-ring (bicyclic) bond motifs is 1. The Bertz CT molecular complexity index is 783. The van der Waals surface area contributed by atoms with E-state index in [0.717, 1.165) is 61.1 Å². The molecule has 7 heteroatoms. The van der Waals surface area contributed by atoms with E-state index < -0.39 is 0 Å². The summed E-state index contributed by atoms with van der Waals surface area (Å²) in [4.78, 5) is 14.4. The highest BCUT2D eigenvalue weighted by atomic mass is 15.2. The largest absolute Gasteiger partial charge is 0.368 e. The van der Waals surface area contributed by atoms with Gasteiger partial charge in [-0.05, 0) is 57.3 Å². The Morgan fingerprint density at radius 2 is 1.78 bits per heavy atom. The lowest BCUT2D eigenvalue weighted by atomic mass is 9.92. The second kappa shape index (κ2) is 7.26. The maximum absolute atomic E-state index is 6.06. The van der Waals surface area contributed by atoms with Crippen LogP contribution >= 0.6 is 0 Å². The van der Waals surface area contributed by atoms with Crippen molar-refractivity contribution in [3.8, 4) is 0 Å². The Labute approximate surface area is 160 Å². The van der Waals surface area contributed by atoms with Gasteiger partial charge < -0.3 is 20.9 Å². The van der Waals surface area contributed by atoms with E-state index in [1.807, 2.05) is 6.33 Å². The van der Waals surface area contributed by atoms with Crippen LogP contribution in [0, 0.1) is 5.92 Å². The number of nitrogens with two attached hydrogens (primary N) is 1. The summed E-state index contributed by atoms with van der Waals surface area (Å²) >= 11 is 0. The van der Waals surface area contributed by atoms with Crippen molar-refractivity contribution >= 4 is 22.9 Å². The molecule has 4 N–H and O–H groups in total. The Morgan fingerprint density at radius 3 is 2.52 bits per heavy atom. The molecule has 27 heavy (non-hydrogen) atoms. The Kier molecular flexibility index (Phi) is 4.63. The number of hydrogen-bond donors (Lipinski definition) is 3. The van der Waals surface area contributed by atoms with Crippen molar-refractivity contribution in [2.24, 2.45) is 11.7 Å². The van der Waals surface area contributed by atoms with Crippen LogP contribution in [0.4, 0.5) is 11.8 Å². The number of hydrogen-bond acceptors (Lipinski definition) is 6. The predicted molar refractivity (Wildman–Crippen MR) is 108 cm³/mol. The van der Waals surface area contributed by atoms with Gasteiger partial charge in [-0.25, -0.2) is 4.98 Å². The standard InChI is InChI=1S/C20H31N7/c21-14-7-9-15(10-8-14)24-20-25-18(22-11-13-5-6-13)17-19(26-20)27(12-23-17)16-3-1-2-4-16/h12-16H,1-11,21H2,(H2,22,24,25,26). The number of rotatable bonds is 6. The van der Waals surface area contributed by atoms with Crippen molar-refractivity contribution in [1.82, 2.24) is 19.5 Å². The third-order valence-corrected chi connectivity index (χ3v) is 6.50. The maximum atomic E-state index is 6.06. The minimum absolute atomic E-state index is 0.353. The summed E-state index contributed by atoms with van der Waals surface area (Å²) in [5, 5.41) is 7.14. The van der Waals surface area contributed by atoms with Crippen molar-refractivity contribution in [3.63, 3.8) is 0 Å². The lowest BCUT2D eigenvalue weighted by Gasteiger charge is -2.27. The van der Waals surface area contributed by atoms with Gasteiger partial charge in [0.1, 0.15) is 0 Å². The van der Waals surface area contributed by atoms with Crippen molar-refractivity contribution in [1.29, 1.82) is 0 Å². The summed E-state index contributed by atoms with van der Waals surface area (Å²) in [5.74, 6) is 2.42. The van der Waals surface area contributed by atoms with Gasteiger partial charge in [-0.15, -0.1) is 0 Å². The minimum Gasteiger partial charge on any atom is -0.368 e. The normalized spacial score (nSPS) is 26.6. The molecule has 0 unspecified atom stereocenters. The van der Waals surface area contributed by atoms with Gasteiger partial charge in [0, 0.05) is 24.7 Å². The molecule has 0 atom stereocenters. The monoisotopic (exact) mass is 369 g/mol. The van der Waals surface area contributed by atoms with Crippen LogP contribution in [0.3, 0.4) is 0 Å². The zero-order valence-electron chi connectivity index (χ0n) is 16.0. The van der Waals surface area contributed by atoms with E-state index in [4.69, 9.17) is 20.7 Å². The third kappa shape index (κ3) is 3.74. The fraction of sp³-hybridized carbons (Fsp3) is 0.750. The molecule has 2 aromatic rings. The topological polar surface area (TPSA) is 93.7 Å². The van der Waals surface area contributed by atoms with Crippen LogP contribution < -0.4 is 16.4 Å². The maximum Gasteiger partial charge on any atom is 0.227 e. The molecule has 0 saturated heterocycles. The second-order valence-corrected chi connectivity index (χ2v) is 8.74.